The van der Waals surface area contributed by atoms with Crippen LogP contribution in [0.5, 0.6) is 5.75 Å². The lowest BCUT2D eigenvalue weighted by Crippen LogP contribution is -2.20. The lowest BCUT2D eigenvalue weighted by Gasteiger charge is -2.05. The first kappa shape index (κ1) is 21.9. The molecule has 1 heterocycles. The fourth-order valence-electron chi connectivity index (χ4n) is 2.50. The summed E-state index contributed by atoms with van der Waals surface area (Å²) in [7, 11) is -6.93. The molecule has 0 N–H and O–H groups in total. The minimum atomic E-state index is -4.33. The van der Waals surface area contributed by atoms with Crippen molar-refractivity contribution in [3.63, 3.8) is 0 Å². The first-order valence-electron chi connectivity index (χ1n) is 8.11. The SMILES string of the molecule is COc1ccc(C=CS(=O)(=O)CS(=O)(=O)c2cc3ccc(I)cc3sc2=O)cc1. The zero-order chi connectivity index (χ0) is 21.2. The van der Waals surface area contributed by atoms with Gasteiger partial charge in [0.05, 0.1) is 7.11 Å². The summed E-state index contributed by atoms with van der Waals surface area (Å²) in [6.45, 7) is 0. The van der Waals surface area contributed by atoms with Gasteiger partial charge in [-0.1, -0.05) is 29.5 Å². The molecule has 3 rings (SSSR count). The molecule has 0 amide bonds. The molecule has 6 nitrogen and oxygen atoms in total. The smallest absolute Gasteiger partial charge is 0.251 e. The monoisotopic (exact) mass is 562 g/mol. The van der Waals surface area contributed by atoms with Gasteiger partial charge < -0.3 is 4.74 Å². The minimum absolute atomic E-state index is 0.502. The van der Waals surface area contributed by atoms with Gasteiger partial charge >= 0.3 is 0 Å². The average Bonchev–Trinajstić information content (AvgIpc) is 2.65. The molecule has 2 aromatic carbocycles. The van der Waals surface area contributed by atoms with Crippen LogP contribution >= 0.6 is 33.9 Å². The Morgan fingerprint density at radius 1 is 1.03 bits per heavy atom. The number of hydrogen-bond acceptors (Lipinski definition) is 7. The summed E-state index contributed by atoms with van der Waals surface area (Å²) in [5.74, 6) is 0.614. The molecule has 0 aliphatic carbocycles. The van der Waals surface area contributed by atoms with Crippen LogP contribution in [0.3, 0.4) is 0 Å². The molecular formula is C19H15IO6S3. The van der Waals surface area contributed by atoms with Crippen LogP contribution in [-0.4, -0.2) is 29.0 Å². The Labute approximate surface area is 185 Å². The second kappa shape index (κ2) is 8.54. The van der Waals surface area contributed by atoms with Gasteiger partial charge in [0, 0.05) is 13.7 Å². The Balaban J connectivity index is 1.90. The molecule has 0 atom stereocenters. The van der Waals surface area contributed by atoms with Crippen LogP contribution in [0.2, 0.25) is 0 Å². The molecule has 0 saturated heterocycles. The predicted octanol–water partition coefficient (Wildman–Crippen LogP) is 3.69. The van der Waals surface area contributed by atoms with Crippen LogP contribution in [0.4, 0.5) is 0 Å². The van der Waals surface area contributed by atoms with Crippen LogP contribution in [-0.2, 0) is 19.7 Å². The zero-order valence-electron chi connectivity index (χ0n) is 15.0. The van der Waals surface area contributed by atoms with Crippen molar-refractivity contribution < 1.29 is 21.6 Å². The maximum Gasteiger partial charge on any atom is 0.251 e. The van der Waals surface area contributed by atoms with E-state index < -0.39 is 34.4 Å². The number of fused-ring (bicyclic) bond motifs is 1. The van der Waals surface area contributed by atoms with Crippen LogP contribution in [0, 0.1) is 3.57 Å². The van der Waals surface area contributed by atoms with E-state index in [9.17, 15) is 21.6 Å². The second-order valence-electron chi connectivity index (χ2n) is 6.05. The van der Waals surface area contributed by atoms with Gasteiger partial charge in [-0.05, 0) is 69.9 Å². The standard InChI is InChI=1S/C19H15IO6S3/c1-26-16-6-2-13(3-7-16)8-9-28(22,23)12-29(24,25)18-10-14-4-5-15(20)11-17(14)27-19(18)21/h2-11H,12H2,1H3. The average molecular weight is 562 g/mol. The number of halogens is 1. The Morgan fingerprint density at radius 2 is 1.72 bits per heavy atom. The second-order valence-corrected chi connectivity index (χ2v) is 12.5. The van der Waals surface area contributed by atoms with Crippen LogP contribution in [0.1, 0.15) is 5.56 Å². The van der Waals surface area contributed by atoms with Gasteiger partial charge in [0.25, 0.3) is 4.74 Å². The van der Waals surface area contributed by atoms with Crippen molar-refractivity contribution in [3.05, 3.63) is 72.6 Å². The molecule has 29 heavy (non-hydrogen) atoms. The first-order valence-corrected chi connectivity index (χ1v) is 13.4. The molecule has 3 aromatic rings. The van der Waals surface area contributed by atoms with Crippen LogP contribution in [0.25, 0.3) is 16.2 Å². The van der Waals surface area contributed by atoms with E-state index in [0.717, 1.165) is 20.3 Å². The summed E-state index contributed by atoms with van der Waals surface area (Å²) in [4.78, 5) is 11.8. The zero-order valence-corrected chi connectivity index (χ0v) is 19.6. The Hall–Kier alpha value is -1.76. The number of benzene rings is 2. The van der Waals surface area contributed by atoms with Gasteiger partial charge in [0.2, 0.25) is 0 Å². The highest BCUT2D eigenvalue weighted by Crippen LogP contribution is 2.23. The van der Waals surface area contributed by atoms with E-state index in [1.807, 2.05) is 0 Å². The molecule has 10 heteroatoms. The van der Waals surface area contributed by atoms with E-state index in [1.165, 1.54) is 19.3 Å². The highest BCUT2D eigenvalue weighted by molar-refractivity contribution is 14.1. The summed E-state index contributed by atoms with van der Waals surface area (Å²) in [6.07, 6.45) is 1.30. The first-order chi connectivity index (χ1) is 13.6. The van der Waals surface area contributed by atoms with Crippen molar-refractivity contribution in [2.75, 3.05) is 12.2 Å². The quantitative estimate of drug-likeness (QED) is 0.426. The van der Waals surface area contributed by atoms with Gasteiger partial charge in [-0.2, -0.15) is 0 Å². The van der Waals surface area contributed by atoms with Crippen molar-refractivity contribution in [1.29, 1.82) is 0 Å². The number of hydrogen-bond donors (Lipinski definition) is 0. The van der Waals surface area contributed by atoms with Crippen molar-refractivity contribution in [2.24, 2.45) is 0 Å². The van der Waals surface area contributed by atoms with Crippen LogP contribution < -0.4 is 9.48 Å². The lowest BCUT2D eigenvalue weighted by atomic mass is 10.2. The summed E-state index contributed by atoms with van der Waals surface area (Å²) in [5, 5.41) is 0.230. The molecule has 0 radical (unpaired) electrons. The third kappa shape index (κ3) is 5.44. The van der Waals surface area contributed by atoms with E-state index in [2.05, 4.69) is 22.6 Å². The summed E-state index contributed by atoms with van der Waals surface area (Å²) < 4.78 is 55.9. The van der Waals surface area contributed by atoms with E-state index >= 15 is 0 Å². The van der Waals surface area contributed by atoms with E-state index in [4.69, 9.17) is 4.74 Å². The lowest BCUT2D eigenvalue weighted by molar-refractivity contribution is 0.415. The van der Waals surface area contributed by atoms with E-state index in [1.54, 1.807) is 42.5 Å². The van der Waals surface area contributed by atoms with Crippen molar-refractivity contribution in [1.82, 2.24) is 0 Å². The summed E-state index contributed by atoms with van der Waals surface area (Å²) in [5.41, 5.74) is 0.568. The highest BCUT2D eigenvalue weighted by Gasteiger charge is 2.26. The van der Waals surface area contributed by atoms with Gasteiger partial charge in [0.1, 0.15) is 10.6 Å². The molecule has 1 aromatic heterocycles. The number of ether oxygens (including phenoxy) is 1. The fraction of sp³-hybridized carbons (Fsp3) is 0.105. The normalized spacial score (nSPS) is 12.5. The molecule has 0 spiro atoms. The number of methoxy groups -OCH3 is 1. The maximum atomic E-state index is 12.6. The molecule has 0 aliphatic heterocycles. The third-order valence-electron chi connectivity index (χ3n) is 3.90. The molecule has 0 saturated carbocycles. The van der Waals surface area contributed by atoms with Crippen LogP contribution in [0.15, 0.2) is 63.6 Å². The molecule has 0 aliphatic rings. The fourth-order valence-corrected chi connectivity index (χ4v) is 7.97. The van der Waals surface area contributed by atoms with Crippen molar-refractivity contribution >= 4 is 69.8 Å². The summed E-state index contributed by atoms with van der Waals surface area (Å²) in [6, 6.07) is 13.1. The number of rotatable bonds is 6. The number of sulfone groups is 2. The maximum absolute atomic E-state index is 12.6. The van der Waals surface area contributed by atoms with Gasteiger partial charge in [0.15, 0.2) is 24.8 Å². The largest absolute Gasteiger partial charge is 0.497 e. The molecule has 0 bridgehead atoms. The molecule has 0 unspecified atom stereocenters. The summed E-state index contributed by atoms with van der Waals surface area (Å²) >= 11 is 2.88. The highest BCUT2D eigenvalue weighted by atomic mass is 127. The third-order valence-corrected chi connectivity index (χ3v) is 9.76. The van der Waals surface area contributed by atoms with Crippen molar-refractivity contribution in [2.45, 2.75) is 4.90 Å². The topological polar surface area (TPSA) is 94.6 Å². The van der Waals surface area contributed by atoms with Crippen molar-refractivity contribution in [3.8, 4) is 5.75 Å². The Bertz CT molecular complexity index is 1360. The van der Waals surface area contributed by atoms with Gasteiger partial charge in [-0.3, -0.25) is 4.79 Å². The molecular weight excluding hydrogens is 547 g/mol. The van der Waals surface area contributed by atoms with Gasteiger partial charge in [-0.25, -0.2) is 16.8 Å². The van der Waals surface area contributed by atoms with Gasteiger partial charge in [-0.15, -0.1) is 0 Å². The van der Waals surface area contributed by atoms with E-state index in [0.29, 0.717) is 21.4 Å². The Morgan fingerprint density at radius 3 is 2.38 bits per heavy atom. The molecule has 152 valence electrons. The minimum Gasteiger partial charge on any atom is -0.497 e. The van der Waals surface area contributed by atoms with E-state index in [-0.39, 0.29) is 0 Å². The Kier molecular flexibility index (Phi) is 6.46. The predicted molar refractivity (Wildman–Crippen MR) is 124 cm³/mol. The molecule has 0 fully saturated rings.